The number of nitrogens with zero attached hydrogens (tertiary/aromatic N) is 1. The summed E-state index contributed by atoms with van der Waals surface area (Å²) in [6, 6.07) is 0. The van der Waals surface area contributed by atoms with Crippen molar-refractivity contribution in [3.8, 4) is 0 Å². The van der Waals surface area contributed by atoms with E-state index >= 15 is 0 Å². The topological polar surface area (TPSA) is 160 Å². The molecule has 4 N–H and O–H groups in total. The van der Waals surface area contributed by atoms with Gasteiger partial charge in [-0.05, 0) is 43.3 Å². The van der Waals surface area contributed by atoms with Gasteiger partial charge in [0, 0.05) is 30.1 Å². The van der Waals surface area contributed by atoms with Gasteiger partial charge in [0.05, 0.1) is 23.8 Å². The minimum Gasteiger partial charge on any atom is -0.458 e. The minimum absolute atomic E-state index is 0.126. The van der Waals surface area contributed by atoms with Crippen LogP contribution >= 0.6 is 0 Å². The second-order valence-electron chi connectivity index (χ2n) is 15.4. The first kappa shape index (κ1) is 36.7. The first-order valence-electron chi connectivity index (χ1n) is 18.2. The van der Waals surface area contributed by atoms with Crippen LogP contribution in [-0.2, 0) is 27.1 Å². The monoisotopic (exact) mass is 671 g/mol. The number of aromatic nitrogens is 1. The zero-order valence-corrected chi connectivity index (χ0v) is 29.9. The highest BCUT2D eigenvalue weighted by Crippen LogP contribution is 2.76. The molecule has 9 atom stereocenters. The Morgan fingerprint density at radius 3 is 2.33 bits per heavy atom. The number of carbonyl (C=O) groups excluding carboxylic acids is 2. The average molecular weight is 672 g/mol. The van der Waals surface area contributed by atoms with Crippen LogP contribution in [-0.4, -0.2) is 73.6 Å². The van der Waals surface area contributed by atoms with Gasteiger partial charge >= 0.3 is 11.9 Å². The van der Waals surface area contributed by atoms with Crippen LogP contribution in [0.2, 0.25) is 0 Å². The normalized spacial score (nSPS) is 36.2. The first-order chi connectivity index (χ1) is 22.7. The van der Waals surface area contributed by atoms with Gasteiger partial charge in [0.2, 0.25) is 0 Å². The molecule has 0 radical (unpaired) electrons. The lowest BCUT2D eigenvalue weighted by molar-refractivity contribution is -0.217. The number of aryl methyl sites for hydroxylation is 2. The van der Waals surface area contributed by atoms with Crippen molar-refractivity contribution < 1.29 is 44.0 Å². The zero-order valence-electron chi connectivity index (χ0n) is 29.9. The van der Waals surface area contributed by atoms with Crippen LogP contribution in [0.5, 0.6) is 0 Å². The van der Waals surface area contributed by atoms with Crippen LogP contribution < -0.4 is 0 Å². The molecule has 0 amide bonds. The highest BCUT2D eigenvalue weighted by molar-refractivity contribution is 5.92. The summed E-state index contributed by atoms with van der Waals surface area (Å²) in [5, 5.41) is 52.0. The Balaban J connectivity index is 1.48. The Morgan fingerprint density at radius 2 is 1.71 bits per heavy atom. The van der Waals surface area contributed by atoms with E-state index in [-0.39, 0.29) is 23.0 Å². The van der Waals surface area contributed by atoms with E-state index in [0.29, 0.717) is 42.7 Å². The summed E-state index contributed by atoms with van der Waals surface area (Å²) in [7, 11) is 0. The summed E-state index contributed by atoms with van der Waals surface area (Å²) in [5.74, 6) is -2.19. The van der Waals surface area contributed by atoms with Crippen molar-refractivity contribution in [3.05, 3.63) is 40.3 Å². The van der Waals surface area contributed by atoms with E-state index < -0.39 is 64.8 Å². The van der Waals surface area contributed by atoms with E-state index in [4.69, 9.17) is 14.0 Å². The molecular weight excluding hydrogens is 614 g/mol. The van der Waals surface area contributed by atoms with Crippen LogP contribution in [0, 0.1) is 28.6 Å². The average Bonchev–Trinajstić information content (AvgIpc) is 3.30. The molecule has 48 heavy (non-hydrogen) atoms. The van der Waals surface area contributed by atoms with E-state index in [9.17, 15) is 30.0 Å². The third-order valence-electron chi connectivity index (χ3n) is 12.5. The SMILES string of the molecule is CCCCCCCCCC(=O)O[C@@]12C[C@@H](C)[C@]34C=C(C)[C@H](OC(=O)c5c(CC)noc5CC)[C@@]3(O)[C@H](O)C(CO)=C[C@H](C4O)[C@@H]1C2(C)C. The molecule has 0 aliphatic heterocycles. The Labute approximate surface area is 284 Å². The van der Waals surface area contributed by atoms with Gasteiger partial charge < -0.3 is 34.4 Å². The van der Waals surface area contributed by atoms with Gasteiger partial charge in [0.1, 0.15) is 22.9 Å². The first-order valence-corrected chi connectivity index (χ1v) is 18.2. The van der Waals surface area contributed by atoms with Gasteiger partial charge in [-0.15, -0.1) is 0 Å². The zero-order chi connectivity index (χ0) is 35.2. The molecule has 1 aromatic rings. The number of ether oxygens (including phenoxy) is 2. The highest BCUT2D eigenvalue weighted by Gasteiger charge is 2.83. The Hall–Kier alpha value is -2.53. The molecule has 2 fully saturated rings. The Kier molecular flexibility index (Phi) is 10.4. The molecule has 268 valence electrons. The number of rotatable bonds is 14. The van der Waals surface area contributed by atoms with Crippen LogP contribution in [0.25, 0.3) is 0 Å². The molecule has 4 aliphatic carbocycles. The van der Waals surface area contributed by atoms with Crippen molar-refractivity contribution in [1.82, 2.24) is 5.16 Å². The summed E-state index contributed by atoms with van der Waals surface area (Å²) in [4.78, 5) is 27.2. The lowest BCUT2D eigenvalue weighted by Crippen LogP contribution is -2.67. The molecule has 2 bridgehead atoms. The number of hydrogen-bond donors (Lipinski definition) is 4. The van der Waals surface area contributed by atoms with Crippen molar-refractivity contribution >= 4 is 11.9 Å². The molecule has 10 heteroatoms. The molecule has 1 spiro atoms. The van der Waals surface area contributed by atoms with Gasteiger partial charge in [-0.1, -0.05) is 97.4 Å². The van der Waals surface area contributed by atoms with E-state index in [1.54, 1.807) is 19.1 Å². The summed E-state index contributed by atoms with van der Waals surface area (Å²) in [6.07, 6.45) is 8.21. The molecule has 10 nitrogen and oxygen atoms in total. The predicted octanol–water partition coefficient (Wildman–Crippen LogP) is 5.39. The molecule has 1 aromatic heterocycles. The minimum atomic E-state index is -2.24. The van der Waals surface area contributed by atoms with E-state index in [2.05, 4.69) is 12.1 Å². The molecule has 0 aromatic carbocycles. The van der Waals surface area contributed by atoms with Crippen molar-refractivity contribution in [2.45, 2.75) is 149 Å². The number of fused-ring (bicyclic) bond motifs is 3. The Morgan fingerprint density at radius 1 is 1.04 bits per heavy atom. The lowest BCUT2D eigenvalue weighted by Gasteiger charge is -2.52. The van der Waals surface area contributed by atoms with Crippen LogP contribution in [0.4, 0.5) is 0 Å². The standard InChI is InChI=1S/C38H57NO9/c1-8-11-12-13-14-15-16-17-28(41)47-37-20-23(5)36-19-22(4)33(46-34(44)29-26(9-2)39-48-27(29)10-3)38(36,45)31(42)24(21-40)18-25(32(36)43)30(37)35(37,6)7/h18-19,23,25,30-33,40,42-43,45H,8-17,20-21H2,1-7H3/t23-,25+,30-,31-,32?,33+,36+,37+,38+/m1/s1. The molecule has 4 aliphatic rings. The van der Waals surface area contributed by atoms with Crippen LogP contribution in [0.15, 0.2) is 27.8 Å². The lowest BCUT2D eigenvalue weighted by atomic mass is 9.58. The predicted molar refractivity (Wildman–Crippen MR) is 179 cm³/mol. The molecule has 5 rings (SSSR count). The van der Waals surface area contributed by atoms with Crippen molar-refractivity contribution in [2.75, 3.05) is 6.61 Å². The quantitative estimate of drug-likeness (QED) is 0.115. The number of aliphatic hydroxyl groups is 4. The molecule has 2 saturated carbocycles. The molecular formula is C38H57NO9. The van der Waals surface area contributed by atoms with Crippen molar-refractivity contribution in [3.63, 3.8) is 0 Å². The second kappa shape index (κ2) is 13.6. The van der Waals surface area contributed by atoms with E-state index in [1.165, 1.54) is 19.3 Å². The second-order valence-corrected chi connectivity index (χ2v) is 15.4. The maximum Gasteiger partial charge on any atom is 0.344 e. The van der Waals surface area contributed by atoms with Gasteiger partial charge in [-0.25, -0.2) is 4.79 Å². The van der Waals surface area contributed by atoms with E-state index in [0.717, 1.165) is 25.7 Å². The summed E-state index contributed by atoms with van der Waals surface area (Å²) in [6.45, 7) is 13.0. The number of carbonyl (C=O) groups is 2. The van der Waals surface area contributed by atoms with Gasteiger partial charge in [-0.3, -0.25) is 4.79 Å². The smallest absolute Gasteiger partial charge is 0.344 e. The summed E-state index contributed by atoms with van der Waals surface area (Å²) < 4.78 is 17.9. The van der Waals surface area contributed by atoms with Crippen LogP contribution in [0.3, 0.4) is 0 Å². The van der Waals surface area contributed by atoms with E-state index in [1.807, 2.05) is 34.6 Å². The highest BCUT2D eigenvalue weighted by atomic mass is 16.6. The third-order valence-corrected chi connectivity index (χ3v) is 12.5. The fraction of sp³-hybridized carbons (Fsp3) is 0.763. The van der Waals surface area contributed by atoms with Gasteiger partial charge in [0.25, 0.3) is 0 Å². The third kappa shape index (κ3) is 5.40. The maximum absolute atomic E-state index is 13.8. The van der Waals surface area contributed by atoms with Crippen molar-refractivity contribution in [2.24, 2.45) is 28.6 Å². The molecule has 1 unspecified atom stereocenters. The van der Waals surface area contributed by atoms with Gasteiger partial charge in [0.15, 0.2) is 11.9 Å². The van der Waals surface area contributed by atoms with Crippen molar-refractivity contribution in [1.29, 1.82) is 0 Å². The number of unbranched alkanes of at least 4 members (excludes halogenated alkanes) is 6. The number of esters is 2. The fourth-order valence-electron chi connectivity index (χ4n) is 9.92. The maximum atomic E-state index is 13.8. The summed E-state index contributed by atoms with van der Waals surface area (Å²) in [5.41, 5.74) is -3.96. The largest absolute Gasteiger partial charge is 0.458 e. The fourth-order valence-corrected chi connectivity index (χ4v) is 9.92. The Bertz CT molecular complexity index is 1410. The van der Waals surface area contributed by atoms with Crippen LogP contribution in [0.1, 0.15) is 128 Å². The molecule has 0 saturated heterocycles. The van der Waals surface area contributed by atoms with Gasteiger partial charge in [-0.2, -0.15) is 0 Å². The number of aliphatic hydroxyl groups excluding tert-OH is 3. The number of hydrogen-bond acceptors (Lipinski definition) is 10. The summed E-state index contributed by atoms with van der Waals surface area (Å²) >= 11 is 0. The molecule has 1 heterocycles.